The van der Waals surface area contributed by atoms with Crippen LogP contribution < -0.4 is 5.73 Å². The number of hydrogen-bond donors (Lipinski definition) is 1. The van der Waals surface area contributed by atoms with Gasteiger partial charge in [-0.05, 0) is 37.2 Å². The van der Waals surface area contributed by atoms with Crippen molar-refractivity contribution in [1.29, 1.82) is 0 Å². The molecule has 3 rings (SSSR count). The predicted octanol–water partition coefficient (Wildman–Crippen LogP) is 3.13. The summed E-state index contributed by atoms with van der Waals surface area (Å²) in [5, 5.41) is 0. The van der Waals surface area contributed by atoms with E-state index in [9.17, 15) is 0 Å². The standard InChI is InChI=1S/C17H26N2/c1-13(14-6-3-2-4-7-14)12-19-16-8-5-9-17(19)11-15(18)10-16/h2-4,6-7,13,15-17H,5,8-12,18H2,1H3. The summed E-state index contributed by atoms with van der Waals surface area (Å²) in [7, 11) is 0. The van der Waals surface area contributed by atoms with Crippen LogP contribution in [0.25, 0.3) is 0 Å². The van der Waals surface area contributed by atoms with Crippen LogP contribution in [0, 0.1) is 0 Å². The fourth-order valence-corrected chi connectivity index (χ4v) is 4.02. The highest BCUT2D eigenvalue weighted by atomic mass is 15.2. The molecular formula is C17H26N2. The van der Waals surface area contributed by atoms with Crippen molar-refractivity contribution in [3.8, 4) is 0 Å². The molecule has 0 saturated carbocycles. The van der Waals surface area contributed by atoms with Crippen LogP contribution in [0.4, 0.5) is 0 Å². The molecule has 19 heavy (non-hydrogen) atoms. The molecule has 1 aromatic carbocycles. The van der Waals surface area contributed by atoms with Crippen molar-refractivity contribution >= 4 is 0 Å². The van der Waals surface area contributed by atoms with Gasteiger partial charge >= 0.3 is 0 Å². The molecule has 2 saturated heterocycles. The van der Waals surface area contributed by atoms with Gasteiger partial charge in [-0.1, -0.05) is 43.7 Å². The fraction of sp³-hybridized carbons (Fsp3) is 0.647. The van der Waals surface area contributed by atoms with Gasteiger partial charge in [0.2, 0.25) is 0 Å². The third-order valence-electron chi connectivity index (χ3n) is 5.02. The Morgan fingerprint density at radius 2 is 1.79 bits per heavy atom. The van der Waals surface area contributed by atoms with Crippen molar-refractivity contribution in [3.63, 3.8) is 0 Å². The Hall–Kier alpha value is -0.860. The van der Waals surface area contributed by atoms with E-state index < -0.39 is 0 Å². The number of nitrogens with two attached hydrogens (primary N) is 1. The van der Waals surface area contributed by atoms with Crippen molar-refractivity contribution < 1.29 is 0 Å². The second-order valence-electron chi connectivity index (χ2n) is 6.48. The highest BCUT2D eigenvalue weighted by molar-refractivity contribution is 5.19. The fourth-order valence-electron chi connectivity index (χ4n) is 4.02. The van der Waals surface area contributed by atoms with E-state index in [-0.39, 0.29) is 0 Å². The molecule has 2 N–H and O–H groups in total. The molecule has 2 heterocycles. The van der Waals surface area contributed by atoms with Crippen LogP contribution in [0.5, 0.6) is 0 Å². The summed E-state index contributed by atoms with van der Waals surface area (Å²) < 4.78 is 0. The summed E-state index contributed by atoms with van der Waals surface area (Å²) in [6.07, 6.45) is 6.52. The molecule has 3 atom stereocenters. The predicted molar refractivity (Wildman–Crippen MR) is 80.2 cm³/mol. The Balaban J connectivity index is 1.69. The first-order valence-corrected chi connectivity index (χ1v) is 7.80. The first kappa shape index (κ1) is 13.1. The molecule has 0 radical (unpaired) electrons. The lowest BCUT2D eigenvalue weighted by molar-refractivity contribution is 0.0276. The number of fused-ring (bicyclic) bond motifs is 2. The summed E-state index contributed by atoms with van der Waals surface area (Å²) in [5.74, 6) is 0.624. The Morgan fingerprint density at radius 1 is 1.16 bits per heavy atom. The summed E-state index contributed by atoms with van der Waals surface area (Å²) in [4.78, 5) is 2.77. The van der Waals surface area contributed by atoms with Gasteiger partial charge in [-0.3, -0.25) is 4.90 Å². The molecule has 2 bridgehead atoms. The summed E-state index contributed by atoms with van der Waals surface area (Å²) in [6.45, 7) is 3.56. The van der Waals surface area contributed by atoms with Crippen LogP contribution in [0.15, 0.2) is 30.3 Å². The zero-order chi connectivity index (χ0) is 13.2. The van der Waals surface area contributed by atoms with Crippen LogP contribution in [0.1, 0.15) is 50.5 Å². The first-order chi connectivity index (χ1) is 9.24. The quantitative estimate of drug-likeness (QED) is 0.902. The minimum Gasteiger partial charge on any atom is -0.328 e. The Labute approximate surface area is 117 Å². The Bertz CT molecular complexity index is 389. The van der Waals surface area contributed by atoms with Gasteiger partial charge in [0.25, 0.3) is 0 Å². The van der Waals surface area contributed by atoms with Crippen molar-refractivity contribution in [2.45, 2.75) is 63.1 Å². The van der Waals surface area contributed by atoms with E-state index in [4.69, 9.17) is 5.73 Å². The van der Waals surface area contributed by atoms with Crippen LogP contribution in [0.2, 0.25) is 0 Å². The van der Waals surface area contributed by atoms with Crippen LogP contribution in [0.3, 0.4) is 0 Å². The third-order valence-corrected chi connectivity index (χ3v) is 5.02. The molecule has 2 nitrogen and oxygen atoms in total. The molecular weight excluding hydrogens is 232 g/mol. The van der Waals surface area contributed by atoms with Crippen LogP contribution >= 0.6 is 0 Å². The SMILES string of the molecule is CC(CN1C2CCCC1CC(N)C2)c1ccccc1. The lowest BCUT2D eigenvalue weighted by Gasteiger charge is -2.49. The van der Waals surface area contributed by atoms with Gasteiger partial charge in [0, 0.05) is 24.7 Å². The van der Waals surface area contributed by atoms with Gasteiger partial charge in [-0.25, -0.2) is 0 Å². The lowest BCUT2D eigenvalue weighted by atomic mass is 9.81. The third kappa shape index (κ3) is 2.85. The van der Waals surface area contributed by atoms with Crippen molar-refractivity contribution in [1.82, 2.24) is 4.90 Å². The Kier molecular flexibility index (Phi) is 3.90. The molecule has 2 heteroatoms. The molecule has 0 aliphatic carbocycles. The number of hydrogen-bond acceptors (Lipinski definition) is 2. The summed E-state index contributed by atoms with van der Waals surface area (Å²) >= 11 is 0. The van der Waals surface area contributed by atoms with Crippen molar-refractivity contribution in [2.75, 3.05) is 6.54 Å². The van der Waals surface area contributed by atoms with E-state index in [0.717, 1.165) is 12.1 Å². The highest BCUT2D eigenvalue weighted by Gasteiger charge is 2.37. The molecule has 3 unspecified atom stereocenters. The van der Waals surface area contributed by atoms with Crippen molar-refractivity contribution in [3.05, 3.63) is 35.9 Å². The monoisotopic (exact) mass is 258 g/mol. The second-order valence-corrected chi connectivity index (χ2v) is 6.48. The van der Waals surface area contributed by atoms with E-state index >= 15 is 0 Å². The molecule has 0 aromatic heterocycles. The minimum absolute atomic E-state index is 0.443. The molecule has 104 valence electrons. The van der Waals surface area contributed by atoms with E-state index in [2.05, 4.69) is 42.2 Å². The number of rotatable bonds is 3. The van der Waals surface area contributed by atoms with E-state index in [1.54, 1.807) is 0 Å². The van der Waals surface area contributed by atoms with Gasteiger partial charge in [-0.15, -0.1) is 0 Å². The average molecular weight is 258 g/mol. The topological polar surface area (TPSA) is 29.3 Å². The molecule has 0 spiro atoms. The maximum Gasteiger partial charge on any atom is 0.0113 e. The molecule has 2 fully saturated rings. The van der Waals surface area contributed by atoms with Crippen molar-refractivity contribution in [2.24, 2.45) is 5.73 Å². The average Bonchev–Trinajstić information content (AvgIpc) is 2.41. The van der Waals surface area contributed by atoms with Gasteiger partial charge in [-0.2, -0.15) is 0 Å². The minimum atomic E-state index is 0.443. The largest absolute Gasteiger partial charge is 0.328 e. The van der Waals surface area contributed by atoms with Gasteiger partial charge in [0.1, 0.15) is 0 Å². The summed E-state index contributed by atoms with van der Waals surface area (Å²) in [5.41, 5.74) is 7.67. The molecule has 1 aromatic rings. The zero-order valence-electron chi connectivity index (χ0n) is 12.0. The second kappa shape index (κ2) is 5.64. The smallest absolute Gasteiger partial charge is 0.0113 e. The lowest BCUT2D eigenvalue weighted by Crippen LogP contribution is -2.56. The molecule has 2 aliphatic heterocycles. The van der Waals surface area contributed by atoms with E-state index in [1.165, 1.54) is 44.2 Å². The van der Waals surface area contributed by atoms with Gasteiger partial charge < -0.3 is 5.73 Å². The number of piperidine rings is 2. The maximum absolute atomic E-state index is 6.20. The van der Waals surface area contributed by atoms with Gasteiger partial charge in [0.15, 0.2) is 0 Å². The Morgan fingerprint density at radius 3 is 2.42 bits per heavy atom. The van der Waals surface area contributed by atoms with E-state index in [0.29, 0.717) is 12.0 Å². The summed E-state index contributed by atoms with van der Waals surface area (Å²) in [6, 6.07) is 12.9. The molecule has 2 aliphatic rings. The molecule has 0 amide bonds. The zero-order valence-corrected chi connectivity index (χ0v) is 12.0. The number of benzene rings is 1. The first-order valence-electron chi connectivity index (χ1n) is 7.80. The normalized spacial score (nSPS) is 33.1. The van der Waals surface area contributed by atoms with Crippen LogP contribution in [-0.2, 0) is 0 Å². The highest BCUT2D eigenvalue weighted by Crippen LogP contribution is 2.35. The van der Waals surface area contributed by atoms with E-state index in [1.807, 2.05) is 0 Å². The van der Waals surface area contributed by atoms with Gasteiger partial charge in [0.05, 0.1) is 0 Å². The number of nitrogens with zero attached hydrogens (tertiary/aromatic N) is 1. The maximum atomic E-state index is 6.20. The van der Waals surface area contributed by atoms with Crippen LogP contribution in [-0.4, -0.2) is 29.6 Å².